The van der Waals surface area contributed by atoms with Crippen LogP contribution in [0.25, 0.3) is 0 Å². The predicted molar refractivity (Wildman–Crippen MR) is 62.6 cm³/mol. The first-order valence-corrected chi connectivity index (χ1v) is 6.11. The second-order valence-corrected chi connectivity index (χ2v) is 4.93. The van der Waals surface area contributed by atoms with Crippen LogP contribution in [0.3, 0.4) is 0 Å². The summed E-state index contributed by atoms with van der Waals surface area (Å²) in [4.78, 5) is 2.39. The van der Waals surface area contributed by atoms with Crippen molar-refractivity contribution < 1.29 is 0 Å². The standard InChI is InChI=1S/C12H26N2/c1-11(2)14(3)9-8-13-10-12-6-4-5-7-12/h11-13H,4-10H2,1-3H3. The number of nitrogens with one attached hydrogen (secondary N) is 1. The van der Waals surface area contributed by atoms with E-state index >= 15 is 0 Å². The topological polar surface area (TPSA) is 15.3 Å². The highest BCUT2D eigenvalue weighted by molar-refractivity contribution is 4.69. The summed E-state index contributed by atoms with van der Waals surface area (Å²) in [5.41, 5.74) is 0. The molecule has 2 nitrogen and oxygen atoms in total. The quantitative estimate of drug-likeness (QED) is 0.658. The van der Waals surface area contributed by atoms with Gasteiger partial charge in [-0.05, 0) is 46.2 Å². The summed E-state index contributed by atoms with van der Waals surface area (Å²) in [6.45, 7) is 8.05. The molecule has 1 aliphatic carbocycles. The minimum Gasteiger partial charge on any atom is -0.315 e. The van der Waals surface area contributed by atoms with E-state index in [4.69, 9.17) is 0 Å². The van der Waals surface area contributed by atoms with Crippen molar-refractivity contribution in [1.29, 1.82) is 0 Å². The molecule has 2 heteroatoms. The monoisotopic (exact) mass is 198 g/mol. The van der Waals surface area contributed by atoms with Crippen molar-refractivity contribution in [1.82, 2.24) is 10.2 Å². The first-order chi connectivity index (χ1) is 6.70. The summed E-state index contributed by atoms with van der Waals surface area (Å²) in [5.74, 6) is 0.972. The van der Waals surface area contributed by atoms with Gasteiger partial charge in [-0.25, -0.2) is 0 Å². The minimum absolute atomic E-state index is 0.670. The van der Waals surface area contributed by atoms with Crippen molar-refractivity contribution in [3.05, 3.63) is 0 Å². The molecule has 14 heavy (non-hydrogen) atoms. The molecule has 0 aromatic rings. The van der Waals surface area contributed by atoms with E-state index in [0.717, 1.165) is 12.5 Å². The van der Waals surface area contributed by atoms with E-state index in [1.165, 1.54) is 38.8 Å². The van der Waals surface area contributed by atoms with Crippen molar-refractivity contribution in [2.45, 2.75) is 45.6 Å². The smallest absolute Gasteiger partial charge is 0.0106 e. The number of likely N-dealkylation sites (N-methyl/N-ethyl adjacent to an activating group) is 1. The summed E-state index contributed by atoms with van der Waals surface area (Å²) in [7, 11) is 2.20. The largest absolute Gasteiger partial charge is 0.315 e. The molecule has 0 unspecified atom stereocenters. The van der Waals surface area contributed by atoms with Gasteiger partial charge in [-0.3, -0.25) is 0 Å². The third-order valence-electron chi connectivity index (χ3n) is 3.43. The maximum absolute atomic E-state index is 3.57. The van der Waals surface area contributed by atoms with E-state index in [1.54, 1.807) is 0 Å². The molecular weight excluding hydrogens is 172 g/mol. The molecule has 0 saturated heterocycles. The third kappa shape index (κ3) is 4.43. The molecule has 1 fully saturated rings. The molecule has 0 bridgehead atoms. The van der Waals surface area contributed by atoms with Crippen LogP contribution < -0.4 is 5.32 Å². The lowest BCUT2D eigenvalue weighted by atomic mass is 10.1. The molecule has 84 valence electrons. The van der Waals surface area contributed by atoms with Crippen molar-refractivity contribution >= 4 is 0 Å². The van der Waals surface area contributed by atoms with Gasteiger partial charge in [0.1, 0.15) is 0 Å². The van der Waals surface area contributed by atoms with E-state index in [9.17, 15) is 0 Å². The molecular formula is C12H26N2. The average molecular weight is 198 g/mol. The lowest BCUT2D eigenvalue weighted by molar-refractivity contribution is 0.271. The Morgan fingerprint density at radius 2 is 1.93 bits per heavy atom. The van der Waals surface area contributed by atoms with Gasteiger partial charge in [0, 0.05) is 19.1 Å². The lowest BCUT2D eigenvalue weighted by Crippen LogP contribution is -2.35. The van der Waals surface area contributed by atoms with Gasteiger partial charge in [0.2, 0.25) is 0 Å². The van der Waals surface area contributed by atoms with Gasteiger partial charge in [0.15, 0.2) is 0 Å². The average Bonchev–Trinajstić information content (AvgIpc) is 2.64. The molecule has 0 heterocycles. The molecule has 1 saturated carbocycles. The SMILES string of the molecule is CC(C)N(C)CCNCC1CCCC1. The van der Waals surface area contributed by atoms with Crippen LogP contribution in [-0.2, 0) is 0 Å². The van der Waals surface area contributed by atoms with Gasteiger partial charge in [-0.1, -0.05) is 12.8 Å². The van der Waals surface area contributed by atoms with E-state index in [2.05, 4.69) is 31.1 Å². The van der Waals surface area contributed by atoms with Crippen LogP contribution in [0, 0.1) is 5.92 Å². The zero-order chi connectivity index (χ0) is 10.4. The fraction of sp³-hybridized carbons (Fsp3) is 1.00. The van der Waals surface area contributed by atoms with Crippen molar-refractivity contribution in [3.63, 3.8) is 0 Å². The Kier molecular flexibility index (Phi) is 5.49. The molecule has 0 aromatic carbocycles. The first kappa shape index (κ1) is 12.0. The van der Waals surface area contributed by atoms with E-state index in [0.29, 0.717) is 6.04 Å². The normalized spacial score (nSPS) is 18.6. The van der Waals surface area contributed by atoms with E-state index < -0.39 is 0 Å². The summed E-state index contributed by atoms with van der Waals surface area (Å²) >= 11 is 0. The van der Waals surface area contributed by atoms with Gasteiger partial charge in [-0.15, -0.1) is 0 Å². The Morgan fingerprint density at radius 3 is 2.50 bits per heavy atom. The molecule has 1 aliphatic rings. The Hall–Kier alpha value is -0.0800. The van der Waals surface area contributed by atoms with Gasteiger partial charge < -0.3 is 10.2 Å². The van der Waals surface area contributed by atoms with Crippen LogP contribution in [0.5, 0.6) is 0 Å². The Morgan fingerprint density at radius 1 is 1.29 bits per heavy atom. The molecule has 0 radical (unpaired) electrons. The molecule has 1 rings (SSSR count). The van der Waals surface area contributed by atoms with Gasteiger partial charge in [0.05, 0.1) is 0 Å². The number of hydrogen-bond acceptors (Lipinski definition) is 2. The van der Waals surface area contributed by atoms with Gasteiger partial charge >= 0.3 is 0 Å². The summed E-state index contributed by atoms with van der Waals surface area (Å²) in [6, 6.07) is 0.670. The highest BCUT2D eigenvalue weighted by atomic mass is 15.1. The minimum atomic E-state index is 0.670. The molecule has 0 aliphatic heterocycles. The predicted octanol–water partition coefficient (Wildman–Crippen LogP) is 2.11. The van der Waals surface area contributed by atoms with E-state index in [-0.39, 0.29) is 0 Å². The third-order valence-corrected chi connectivity index (χ3v) is 3.43. The first-order valence-electron chi connectivity index (χ1n) is 6.11. The molecule has 1 N–H and O–H groups in total. The van der Waals surface area contributed by atoms with Crippen LogP contribution in [0.15, 0.2) is 0 Å². The highest BCUT2D eigenvalue weighted by Crippen LogP contribution is 2.23. The van der Waals surface area contributed by atoms with E-state index in [1.807, 2.05) is 0 Å². The van der Waals surface area contributed by atoms with Crippen molar-refractivity contribution in [3.8, 4) is 0 Å². The molecule has 0 aromatic heterocycles. The number of nitrogens with zero attached hydrogens (tertiary/aromatic N) is 1. The molecule has 0 spiro atoms. The van der Waals surface area contributed by atoms with Crippen LogP contribution >= 0.6 is 0 Å². The van der Waals surface area contributed by atoms with Crippen molar-refractivity contribution in [2.24, 2.45) is 5.92 Å². The number of rotatable bonds is 6. The zero-order valence-corrected chi connectivity index (χ0v) is 10.1. The fourth-order valence-corrected chi connectivity index (χ4v) is 2.03. The van der Waals surface area contributed by atoms with Gasteiger partial charge in [-0.2, -0.15) is 0 Å². The Balaban J connectivity index is 1.93. The number of hydrogen-bond donors (Lipinski definition) is 1. The van der Waals surface area contributed by atoms with Crippen LogP contribution in [0.2, 0.25) is 0 Å². The summed E-state index contributed by atoms with van der Waals surface area (Å²) < 4.78 is 0. The summed E-state index contributed by atoms with van der Waals surface area (Å²) in [6.07, 6.45) is 5.82. The highest BCUT2D eigenvalue weighted by Gasteiger charge is 2.13. The van der Waals surface area contributed by atoms with Crippen molar-refractivity contribution in [2.75, 3.05) is 26.7 Å². The maximum Gasteiger partial charge on any atom is 0.0106 e. The maximum atomic E-state index is 3.57. The van der Waals surface area contributed by atoms with Gasteiger partial charge in [0.25, 0.3) is 0 Å². The fourth-order valence-electron chi connectivity index (χ4n) is 2.03. The summed E-state index contributed by atoms with van der Waals surface area (Å²) in [5, 5.41) is 3.57. The zero-order valence-electron chi connectivity index (χ0n) is 10.1. The second-order valence-electron chi connectivity index (χ2n) is 4.93. The molecule has 0 atom stereocenters. The Labute approximate surface area is 89.1 Å². The molecule has 0 amide bonds. The second kappa shape index (κ2) is 6.41. The Bertz CT molecular complexity index is 135. The lowest BCUT2D eigenvalue weighted by Gasteiger charge is -2.21. The van der Waals surface area contributed by atoms with Crippen LogP contribution in [-0.4, -0.2) is 37.6 Å². The van der Waals surface area contributed by atoms with Crippen LogP contribution in [0.1, 0.15) is 39.5 Å². The van der Waals surface area contributed by atoms with Crippen LogP contribution in [0.4, 0.5) is 0 Å².